The Morgan fingerprint density at radius 2 is 1.74 bits per heavy atom. The summed E-state index contributed by atoms with van der Waals surface area (Å²) in [5.74, 6) is 0.377. The van der Waals surface area contributed by atoms with Gasteiger partial charge in [-0.2, -0.15) is 0 Å². The minimum Gasteiger partial charge on any atom is -0.343 e. The van der Waals surface area contributed by atoms with Gasteiger partial charge in [-0.15, -0.1) is 0 Å². The van der Waals surface area contributed by atoms with Crippen LogP contribution < -0.4 is 11.4 Å². The lowest BCUT2D eigenvalue weighted by atomic mass is 9.85. The van der Waals surface area contributed by atoms with Gasteiger partial charge in [-0.25, -0.2) is 9.18 Å². The van der Waals surface area contributed by atoms with Crippen molar-refractivity contribution in [2.75, 3.05) is 0 Å². The first-order valence-corrected chi connectivity index (χ1v) is 11.3. The lowest BCUT2D eigenvalue weighted by Gasteiger charge is -2.27. The predicted molar refractivity (Wildman–Crippen MR) is 121 cm³/mol. The van der Waals surface area contributed by atoms with Crippen LogP contribution in [0.2, 0.25) is 0 Å². The fraction of sp³-hybridized carbons (Fsp3) is 0.400. The van der Waals surface area contributed by atoms with Gasteiger partial charge in [0.15, 0.2) is 0 Å². The normalized spacial score (nSPS) is 17.0. The number of nitrogens with zero attached hydrogens (tertiary/aromatic N) is 3. The average Bonchev–Trinajstić information content (AvgIpc) is 3.46. The number of halogens is 1. The lowest BCUT2D eigenvalue weighted by Crippen LogP contribution is -2.26. The molecule has 5 nitrogen and oxygen atoms in total. The largest absolute Gasteiger partial charge is 0.343 e. The maximum absolute atomic E-state index is 14.1. The second kappa shape index (κ2) is 7.09. The van der Waals surface area contributed by atoms with E-state index in [2.05, 4.69) is 28.8 Å². The molecule has 6 rings (SSSR count). The summed E-state index contributed by atoms with van der Waals surface area (Å²) in [6, 6.07) is 13.5. The highest BCUT2D eigenvalue weighted by Crippen LogP contribution is 2.37. The van der Waals surface area contributed by atoms with Crippen molar-refractivity contribution in [3.63, 3.8) is 0 Å². The Hall–Kier alpha value is -2.86. The van der Waals surface area contributed by atoms with Crippen LogP contribution in [0.25, 0.3) is 21.9 Å². The van der Waals surface area contributed by atoms with E-state index in [1.54, 1.807) is 10.6 Å². The van der Waals surface area contributed by atoms with Crippen molar-refractivity contribution < 1.29 is 4.39 Å². The van der Waals surface area contributed by atoms with E-state index in [4.69, 9.17) is 5.73 Å². The lowest BCUT2D eigenvalue weighted by molar-refractivity contribution is 0.277. The molecule has 4 aromatic rings. The van der Waals surface area contributed by atoms with Crippen molar-refractivity contribution >= 4 is 21.9 Å². The van der Waals surface area contributed by atoms with Crippen LogP contribution in [0, 0.1) is 11.7 Å². The van der Waals surface area contributed by atoms with E-state index in [0.29, 0.717) is 24.5 Å². The first kappa shape index (κ1) is 18.9. The molecule has 0 radical (unpaired) electrons. The van der Waals surface area contributed by atoms with Crippen LogP contribution in [0.1, 0.15) is 49.4 Å². The molecule has 160 valence electrons. The number of benzene rings is 2. The van der Waals surface area contributed by atoms with Gasteiger partial charge >= 0.3 is 5.69 Å². The molecule has 0 atom stereocenters. The van der Waals surface area contributed by atoms with E-state index in [1.807, 2.05) is 4.57 Å². The van der Waals surface area contributed by atoms with Crippen molar-refractivity contribution in [2.45, 2.75) is 57.8 Å². The molecule has 2 aliphatic carbocycles. The Morgan fingerprint density at radius 1 is 0.935 bits per heavy atom. The third kappa shape index (κ3) is 3.12. The van der Waals surface area contributed by atoms with E-state index < -0.39 is 0 Å². The summed E-state index contributed by atoms with van der Waals surface area (Å²) in [4.78, 5) is 13.4. The van der Waals surface area contributed by atoms with Gasteiger partial charge in [0.2, 0.25) is 0 Å². The zero-order valence-corrected chi connectivity index (χ0v) is 17.6. The summed E-state index contributed by atoms with van der Waals surface area (Å²) >= 11 is 0. The number of nitrogens with two attached hydrogens (primary N) is 1. The molecule has 0 unspecified atom stereocenters. The SMILES string of the molecule is NCc1ccc2c(c1)cc(Cn1c(=O)n(C3CC3)c3ccc(F)cc31)n2CC1CCC1. The van der Waals surface area contributed by atoms with Gasteiger partial charge < -0.3 is 10.3 Å². The highest BCUT2D eigenvalue weighted by atomic mass is 19.1. The van der Waals surface area contributed by atoms with Crippen LogP contribution in [0.15, 0.2) is 47.3 Å². The summed E-state index contributed by atoms with van der Waals surface area (Å²) in [5, 5.41) is 1.16. The molecule has 2 heterocycles. The molecule has 2 fully saturated rings. The minimum atomic E-state index is -0.309. The van der Waals surface area contributed by atoms with Crippen LogP contribution in [-0.4, -0.2) is 13.7 Å². The maximum atomic E-state index is 14.1. The highest BCUT2D eigenvalue weighted by Gasteiger charge is 2.29. The molecule has 2 N–H and O–H groups in total. The quantitative estimate of drug-likeness (QED) is 0.500. The standard InChI is InChI=1S/C25H27FN4O/c26-19-5-9-23-24(12-19)29(25(31)30(23)20-6-7-20)15-21-11-18-10-17(13-27)4-8-22(18)28(21)14-16-2-1-3-16/h4-5,8-12,16,20H,1-3,6-7,13-15,27H2. The van der Waals surface area contributed by atoms with Gasteiger partial charge in [-0.05, 0) is 73.6 Å². The Balaban J connectivity index is 1.50. The molecular formula is C25H27FN4O. The first-order valence-electron chi connectivity index (χ1n) is 11.3. The summed E-state index contributed by atoms with van der Waals surface area (Å²) in [5.41, 5.74) is 10.7. The first-order chi connectivity index (χ1) is 15.1. The van der Waals surface area contributed by atoms with Crippen LogP contribution in [0.5, 0.6) is 0 Å². The third-order valence-electron chi connectivity index (χ3n) is 7.11. The van der Waals surface area contributed by atoms with E-state index in [0.717, 1.165) is 41.5 Å². The molecule has 6 heteroatoms. The second-order valence-electron chi connectivity index (χ2n) is 9.24. The number of aromatic nitrogens is 3. The van der Waals surface area contributed by atoms with Crippen molar-refractivity contribution in [3.05, 3.63) is 70.0 Å². The molecule has 2 aromatic heterocycles. The van der Waals surface area contributed by atoms with E-state index >= 15 is 0 Å². The smallest absolute Gasteiger partial charge is 0.329 e. The molecule has 0 aliphatic heterocycles. The number of rotatable bonds is 6. The number of hydrogen-bond donors (Lipinski definition) is 1. The molecule has 2 saturated carbocycles. The van der Waals surface area contributed by atoms with Gasteiger partial charge in [-0.3, -0.25) is 9.13 Å². The second-order valence-corrected chi connectivity index (χ2v) is 9.24. The molecular weight excluding hydrogens is 391 g/mol. The predicted octanol–water partition coefficient (Wildman–Crippen LogP) is 4.54. The summed E-state index contributed by atoms with van der Waals surface area (Å²) in [7, 11) is 0. The molecule has 0 amide bonds. The molecule has 2 aromatic carbocycles. The summed E-state index contributed by atoms with van der Waals surface area (Å²) in [6.45, 7) is 1.91. The molecule has 0 saturated heterocycles. The average molecular weight is 419 g/mol. The monoisotopic (exact) mass is 418 g/mol. The van der Waals surface area contributed by atoms with Crippen molar-refractivity contribution in [2.24, 2.45) is 11.7 Å². The molecule has 0 spiro atoms. The van der Waals surface area contributed by atoms with Crippen molar-refractivity contribution in [1.29, 1.82) is 0 Å². The van der Waals surface area contributed by atoms with Gasteiger partial charge in [-0.1, -0.05) is 12.5 Å². The summed E-state index contributed by atoms with van der Waals surface area (Å²) in [6.07, 6.45) is 5.84. The van der Waals surface area contributed by atoms with E-state index in [-0.39, 0.29) is 17.5 Å². The van der Waals surface area contributed by atoms with Crippen LogP contribution >= 0.6 is 0 Å². The zero-order valence-electron chi connectivity index (χ0n) is 17.6. The number of imidazole rings is 1. The Labute approximate surface area is 179 Å². The molecule has 0 bridgehead atoms. The minimum absolute atomic E-state index is 0.0359. The Morgan fingerprint density at radius 3 is 2.45 bits per heavy atom. The zero-order chi connectivity index (χ0) is 21.1. The van der Waals surface area contributed by atoms with E-state index in [9.17, 15) is 9.18 Å². The van der Waals surface area contributed by atoms with Gasteiger partial charge in [0.1, 0.15) is 5.82 Å². The molecule has 31 heavy (non-hydrogen) atoms. The molecule has 2 aliphatic rings. The van der Waals surface area contributed by atoms with Crippen LogP contribution in [0.3, 0.4) is 0 Å². The van der Waals surface area contributed by atoms with Gasteiger partial charge in [0.25, 0.3) is 0 Å². The highest BCUT2D eigenvalue weighted by molar-refractivity contribution is 5.82. The van der Waals surface area contributed by atoms with Crippen LogP contribution in [0.4, 0.5) is 4.39 Å². The van der Waals surface area contributed by atoms with Crippen LogP contribution in [-0.2, 0) is 19.6 Å². The Bertz CT molecular complexity index is 1350. The van der Waals surface area contributed by atoms with Crippen molar-refractivity contribution in [1.82, 2.24) is 13.7 Å². The fourth-order valence-corrected chi connectivity index (χ4v) is 5.04. The number of fused-ring (bicyclic) bond motifs is 2. The fourth-order valence-electron chi connectivity index (χ4n) is 5.04. The topological polar surface area (TPSA) is 57.9 Å². The Kier molecular flexibility index (Phi) is 4.32. The van der Waals surface area contributed by atoms with Gasteiger partial charge in [0, 0.05) is 35.7 Å². The third-order valence-corrected chi connectivity index (χ3v) is 7.11. The maximum Gasteiger partial charge on any atom is 0.329 e. The number of hydrogen-bond acceptors (Lipinski definition) is 2. The van der Waals surface area contributed by atoms with Crippen molar-refractivity contribution in [3.8, 4) is 0 Å². The van der Waals surface area contributed by atoms with Gasteiger partial charge in [0.05, 0.1) is 17.6 Å². The summed E-state index contributed by atoms with van der Waals surface area (Å²) < 4.78 is 20.1. The van der Waals surface area contributed by atoms with E-state index in [1.165, 1.54) is 36.9 Å².